The molecule has 3 aliphatic rings. The summed E-state index contributed by atoms with van der Waals surface area (Å²) in [5.74, 6) is 2.01. The highest BCUT2D eigenvalue weighted by molar-refractivity contribution is 5.34. The van der Waals surface area contributed by atoms with Crippen molar-refractivity contribution in [2.45, 2.75) is 223 Å². The first-order valence-electron chi connectivity index (χ1n) is 28.9. The number of aromatic nitrogens is 7. The molecule has 0 saturated heterocycles. The summed E-state index contributed by atoms with van der Waals surface area (Å²) in [6.07, 6.45) is 24.4. The van der Waals surface area contributed by atoms with Gasteiger partial charge in [-0.25, -0.2) is 4.98 Å². The molecule has 10 rings (SSSR count). The van der Waals surface area contributed by atoms with E-state index in [0.717, 1.165) is 5.69 Å². The lowest BCUT2D eigenvalue weighted by Gasteiger charge is -2.27. The van der Waals surface area contributed by atoms with E-state index < -0.39 is 0 Å². The van der Waals surface area contributed by atoms with Gasteiger partial charge in [-0.2, -0.15) is 0 Å². The Labute approximate surface area is 475 Å². The van der Waals surface area contributed by atoms with Crippen molar-refractivity contribution in [1.29, 1.82) is 0 Å². The number of rotatable bonds is 0. The molecule has 0 bridgehead atoms. The fraction of sp³-hybridized carbons (Fsp3) is 0.521. The normalized spacial score (nSPS) is 16.6. The predicted octanol–water partition coefficient (Wildman–Crippen LogP) is 18.9. The number of imidazole rings is 1. The standard InChI is InChI=1S/2C12H17N.C10H16N2.C10H14.3C9H13N/c1-12(2,3)11-5-4-9-6-7-13-8-10(9)11;1-12(2,3)10-7-6-9-5-4-8-13-11(9)10;1-10(2,3)7-4-5-8-9(7)12-6-11-8;1-10(2,3)9-7-5-4-6-8-9;1-9(2,3)8-4-6-10-7-5-8;1-9(2,3)8-5-4-6-10-7-8;1-9(2,3)8-6-4-5-7-10-8/h6-8,11H,4-5H2,1-3H3;4-5,8,10H,6-7H2,1-3H3;6-7H,4-5H2,1-3H3,(H,11,12);4-8H,1-3H3;3*4-7H,1-3H3. The molecule has 78 heavy (non-hydrogen) atoms. The van der Waals surface area contributed by atoms with Crippen molar-refractivity contribution in [3.8, 4) is 0 Å². The number of nitrogens with zero attached hydrogens (tertiary/aromatic N) is 6. The molecule has 6 aromatic heterocycles. The van der Waals surface area contributed by atoms with E-state index in [4.69, 9.17) is 0 Å². The van der Waals surface area contributed by atoms with Gasteiger partial charge in [0, 0.05) is 83.9 Å². The van der Waals surface area contributed by atoms with Crippen LogP contribution in [0.2, 0.25) is 0 Å². The van der Waals surface area contributed by atoms with E-state index in [2.05, 4.69) is 253 Å². The van der Waals surface area contributed by atoms with Gasteiger partial charge < -0.3 is 4.98 Å². The van der Waals surface area contributed by atoms with Gasteiger partial charge >= 0.3 is 0 Å². The zero-order chi connectivity index (χ0) is 58.2. The number of fused-ring (bicyclic) bond motifs is 3. The van der Waals surface area contributed by atoms with Crippen LogP contribution in [0, 0.1) is 16.2 Å². The Kier molecular flexibility index (Phi) is 23.1. The first-order valence-corrected chi connectivity index (χ1v) is 28.9. The van der Waals surface area contributed by atoms with E-state index in [1.54, 1.807) is 6.20 Å². The number of aromatic amines is 1. The largest absolute Gasteiger partial charge is 0.348 e. The maximum Gasteiger partial charge on any atom is 0.0925 e. The van der Waals surface area contributed by atoms with Gasteiger partial charge in [0.2, 0.25) is 0 Å². The zero-order valence-electron chi connectivity index (χ0n) is 52.5. The average molecular weight is 1050 g/mol. The lowest BCUT2D eigenvalue weighted by Crippen LogP contribution is -2.16. The van der Waals surface area contributed by atoms with Crippen molar-refractivity contribution >= 4 is 0 Å². The molecular weight excluding hydrogens is 951 g/mol. The van der Waals surface area contributed by atoms with Crippen LogP contribution in [-0.4, -0.2) is 34.9 Å². The SMILES string of the molecule is CC(C)(C)C1CCc2[nH]cnc21.CC(C)(C)C1CCc2cccnc21.CC(C)(C)C1CCc2ccncc21.CC(C)(C)c1ccccc1.CC(C)(C)c1ccccn1.CC(C)(C)c1cccnc1.CC(C)(C)c1ccncc1. The van der Waals surface area contributed by atoms with Gasteiger partial charge in [0.05, 0.1) is 12.0 Å². The highest BCUT2D eigenvalue weighted by Gasteiger charge is 2.35. The van der Waals surface area contributed by atoms with Crippen molar-refractivity contribution in [3.63, 3.8) is 0 Å². The number of hydrogen-bond acceptors (Lipinski definition) is 6. The fourth-order valence-corrected chi connectivity index (χ4v) is 10.1. The Bertz CT molecular complexity index is 2500. The minimum Gasteiger partial charge on any atom is -0.348 e. The van der Waals surface area contributed by atoms with Crippen LogP contribution in [-0.2, 0) is 40.9 Å². The van der Waals surface area contributed by atoms with E-state index in [0.29, 0.717) is 39.4 Å². The molecule has 422 valence electrons. The molecule has 0 amide bonds. The molecule has 3 unspecified atom stereocenters. The molecule has 1 aromatic carbocycles. The Morgan fingerprint density at radius 3 is 1.33 bits per heavy atom. The predicted molar refractivity (Wildman–Crippen MR) is 333 cm³/mol. The summed E-state index contributed by atoms with van der Waals surface area (Å²) in [5, 5.41) is 0. The quantitative estimate of drug-likeness (QED) is 0.163. The average Bonchev–Trinajstić information content (AvgIpc) is 4.20. The lowest BCUT2D eigenvalue weighted by atomic mass is 9.78. The number of H-pyrrole nitrogens is 1. The summed E-state index contributed by atoms with van der Waals surface area (Å²) >= 11 is 0. The molecule has 7 nitrogen and oxygen atoms in total. The molecule has 0 spiro atoms. The molecular formula is C71H103N7. The summed E-state index contributed by atoms with van der Waals surface area (Å²) in [5.41, 5.74) is 15.7. The maximum absolute atomic E-state index is 4.51. The lowest BCUT2D eigenvalue weighted by molar-refractivity contribution is 0.314. The summed E-state index contributed by atoms with van der Waals surface area (Å²) < 4.78 is 0. The van der Waals surface area contributed by atoms with Crippen LogP contribution in [0.15, 0.2) is 147 Å². The van der Waals surface area contributed by atoms with Crippen LogP contribution in [0.3, 0.4) is 0 Å². The number of aryl methyl sites for hydroxylation is 3. The van der Waals surface area contributed by atoms with Gasteiger partial charge in [-0.05, 0) is 153 Å². The van der Waals surface area contributed by atoms with E-state index in [1.165, 1.54) is 89.0 Å². The van der Waals surface area contributed by atoms with Crippen LogP contribution >= 0.6 is 0 Å². The third-order valence-corrected chi connectivity index (χ3v) is 15.0. The van der Waals surface area contributed by atoms with Gasteiger partial charge in [-0.15, -0.1) is 0 Å². The van der Waals surface area contributed by atoms with E-state index >= 15 is 0 Å². The van der Waals surface area contributed by atoms with Crippen LogP contribution in [0.5, 0.6) is 0 Å². The molecule has 0 radical (unpaired) electrons. The molecule has 6 heterocycles. The minimum absolute atomic E-state index is 0.182. The van der Waals surface area contributed by atoms with Crippen molar-refractivity contribution in [2.24, 2.45) is 16.2 Å². The van der Waals surface area contributed by atoms with Crippen molar-refractivity contribution in [3.05, 3.63) is 203 Å². The highest BCUT2D eigenvalue weighted by Crippen LogP contribution is 2.45. The Balaban J connectivity index is 0.000000197. The zero-order valence-corrected chi connectivity index (χ0v) is 52.5. The van der Waals surface area contributed by atoms with E-state index in [1.807, 2.05) is 67.8 Å². The smallest absolute Gasteiger partial charge is 0.0925 e. The highest BCUT2D eigenvalue weighted by atomic mass is 14.9. The van der Waals surface area contributed by atoms with E-state index in [-0.39, 0.29) is 16.2 Å². The van der Waals surface area contributed by atoms with Crippen molar-refractivity contribution in [1.82, 2.24) is 34.9 Å². The molecule has 0 fully saturated rings. The second-order valence-electron chi connectivity index (χ2n) is 28.8. The summed E-state index contributed by atoms with van der Waals surface area (Å²) in [6.45, 7) is 47.1. The van der Waals surface area contributed by atoms with Crippen molar-refractivity contribution < 1.29 is 0 Å². The van der Waals surface area contributed by atoms with Gasteiger partial charge in [0.1, 0.15) is 0 Å². The molecule has 0 saturated carbocycles. The third-order valence-electron chi connectivity index (χ3n) is 15.0. The summed E-state index contributed by atoms with van der Waals surface area (Å²) in [4.78, 5) is 28.6. The second-order valence-corrected chi connectivity index (χ2v) is 28.8. The van der Waals surface area contributed by atoms with Crippen LogP contribution < -0.4 is 0 Å². The Morgan fingerprint density at radius 1 is 0.359 bits per heavy atom. The topological polar surface area (TPSA) is 93.1 Å². The van der Waals surface area contributed by atoms with Crippen LogP contribution in [0.25, 0.3) is 0 Å². The van der Waals surface area contributed by atoms with E-state index in [9.17, 15) is 0 Å². The van der Waals surface area contributed by atoms with Crippen molar-refractivity contribution in [2.75, 3.05) is 0 Å². The summed E-state index contributed by atoms with van der Waals surface area (Å²) in [7, 11) is 0. The van der Waals surface area contributed by atoms with Crippen LogP contribution in [0.4, 0.5) is 0 Å². The van der Waals surface area contributed by atoms with Gasteiger partial charge in [0.15, 0.2) is 0 Å². The first-order chi connectivity index (χ1) is 36.2. The molecule has 7 aromatic rings. The Morgan fingerprint density at radius 2 is 0.846 bits per heavy atom. The number of nitrogens with one attached hydrogen (secondary N) is 1. The molecule has 3 atom stereocenters. The molecule has 1 N–H and O–H groups in total. The molecule has 3 aliphatic carbocycles. The van der Waals surface area contributed by atoms with Gasteiger partial charge in [0.25, 0.3) is 0 Å². The number of benzene rings is 1. The maximum atomic E-state index is 4.51. The first kappa shape index (κ1) is 64.7. The molecule has 7 heteroatoms. The molecule has 0 aliphatic heterocycles. The Hall–Kier alpha value is -5.82. The third kappa shape index (κ3) is 20.8. The monoisotopic (exact) mass is 1050 g/mol. The fourth-order valence-electron chi connectivity index (χ4n) is 10.1. The van der Waals surface area contributed by atoms with Crippen LogP contribution in [0.1, 0.15) is 239 Å². The van der Waals surface area contributed by atoms with Gasteiger partial charge in [-0.1, -0.05) is 194 Å². The summed E-state index contributed by atoms with van der Waals surface area (Å²) in [6, 6.07) is 31.2. The number of pyridine rings is 5. The minimum atomic E-state index is 0.182. The van der Waals surface area contributed by atoms with Gasteiger partial charge in [-0.3, -0.25) is 24.9 Å². The number of hydrogen-bond donors (Lipinski definition) is 1. The second kappa shape index (κ2) is 27.9.